The molecule has 138 valence electrons. The normalized spacial score (nSPS) is 21.0. The Morgan fingerprint density at radius 3 is 2.65 bits per heavy atom. The van der Waals surface area contributed by atoms with Crippen LogP contribution >= 0.6 is 11.3 Å². The van der Waals surface area contributed by atoms with Gasteiger partial charge in [-0.2, -0.15) is 0 Å². The second-order valence-corrected chi connectivity index (χ2v) is 8.45. The maximum Gasteiger partial charge on any atom is 0.246 e. The summed E-state index contributed by atoms with van der Waals surface area (Å²) in [5, 5.41) is 11.7. The summed E-state index contributed by atoms with van der Waals surface area (Å²) in [6, 6.07) is 7.99. The lowest BCUT2D eigenvalue weighted by Crippen LogP contribution is -2.51. The van der Waals surface area contributed by atoms with E-state index in [0.717, 1.165) is 34.9 Å². The molecule has 0 bridgehead atoms. The first-order valence-electron chi connectivity index (χ1n) is 9.39. The van der Waals surface area contributed by atoms with Crippen LogP contribution in [0.5, 0.6) is 0 Å². The van der Waals surface area contributed by atoms with Crippen LogP contribution in [0.4, 0.5) is 0 Å². The Bertz CT molecular complexity index is 769. The molecule has 0 spiro atoms. The minimum absolute atomic E-state index is 0.00692. The van der Waals surface area contributed by atoms with Gasteiger partial charge in [-0.15, -0.1) is 11.3 Å². The summed E-state index contributed by atoms with van der Waals surface area (Å²) in [5.74, 6) is 0.00692. The van der Waals surface area contributed by atoms with E-state index in [-0.39, 0.29) is 5.91 Å². The van der Waals surface area contributed by atoms with Crippen molar-refractivity contribution in [3.8, 4) is 0 Å². The highest BCUT2D eigenvalue weighted by Gasteiger charge is 2.35. The number of nitrogens with zero attached hydrogens (tertiary/aromatic N) is 3. The molecule has 26 heavy (non-hydrogen) atoms. The molecule has 2 aliphatic rings. The Kier molecular flexibility index (Phi) is 5.07. The Morgan fingerprint density at radius 2 is 1.92 bits per heavy atom. The van der Waals surface area contributed by atoms with Crippen molar-refractivity contribution < 1.29 is 9.90 Å². The summed E-state index contributed by atoms with van der Waals surface area (Å²) in [7, 11) is 0. The Labute approximate surface area is 157 Å². The second-order valence-electron chi connectivity index (χ2n) is 7.39. The van der Waals surface area contributed by atoms with Crippen LogP contribution in [-0.4, -0.2) is 64.1 Å². The van der Waals surface area contributed by atoms with Crippen molar-refractivity contribution in [2.75, 3.05) is 32.7 Å². The Morgan fingerprint density at radius 1 is 1.19 bits per heavy atom. The molecule has 1 aromatic carbocycles. The van der Waals surface area contributed by atoms with Gasteiger partial charge in [-0.25, -0.2) is 4.98 Å². The number of β-amino-alcohol motifs (C(OH)–C–C–N with tert-alkyl or cyclic N) is 1. The predicted octanol–water partition coefficient (Wildman–Crippen LogP) is 2.76. The number of hydrogen-bond acceptors (Lipinski definition) is 5. The van der Waals surface area contributed by atoms with Gasteiger partial charge in [-0.3, -0.25) is 4.79 Å². The third-order valence-electron chi connectivity index (χ3n) is 5.40. The van der Waals surface area contributed by atoms with Crippen molar-refractivity contribution in [3.63, 3.8) is 0 Å². The number of amides is 1. The van der Waals surface area contributed by atoms with Crippen LogP contribution in [0.25, 0.3) is 16.3 Å². The van der Waals surface area contributed by atoms with E-state index in [1.807, 2.05) is 29.2 Å². The third-order valence-corrected chi connectivity index (χ3v) is 6.40. The Hall–Kier alpha value is -1.76. The highest BCUT2D eigenvalue weighted by atomic mass is 32.1. The molecule has 4 rings (SSSR count). The highest BCUT2D eigenvalue weighted by molar-refractivity contribution is 7.19. The van der Waals surface area contributed by atoms with E-state index < -0.39 is 5.60 Å². The zero-order valence-electron chi connectivity index (χ0n) is 14.9. The first kappa shape index (κ1) is 17.6. The van der Waals surface area contributed by atoms with Crippen molar-refractivity contribution in [2.45, 2.75) is 31.3 Å². The van der Waals surface area contributed by atoms with Gasteiger partial charge in [0.15, 0.2) is 0 Å². The maximum absolute atomic E-state index is 12.5. The van der Waals surface area contributed by atoms with Crippen molar-refractivity contribution in [2.24, 2.45) is 0 Å². The number of thiazole rings is 1. The second kappa shape index (κ2) is 7.47. The lowest BCUT2D eigenvalue weighted by atomic mass is 9.91. The largest absolute Gasteiger partial charge is 0.388 e. The van der Waals surface area contributed by atoms with Gasteiger partial charge in [0, 0.05) is 25.7 Å². The van der Waals surface area contributed by atoms with Crippen LogP contribution in [-0.2, 0) is 4.79 Å². The standard InChI is InChI=1S/C20H25N3O2S/c24-19(8-7-18-21-16-5-1-2-6-17(16)26-18)23-13-9-20(25,10-14-23)15-22-11-3-4-12-22/h1-2,5-8,25H,3-4,9-15H2. The molecule has 2 saturated heterocycles. The van der Waals surface area contributed by atoms with Gasteiger partial charge in [0.05, 0.1) is 15.8 Å². The van der Waals surface area contributed by atoms with Gasteiger partial charge >= 0.3 is 0 Å². The van der Waals surface area contributed by atoms with Crippen molar-refractivity contribution in [1.29, 1.82) is 0 Å². The number of hydrogen-bond donors (Lipinski definition) is 1. The van der Waals surface area contributed by atoms with E-state index >= 15 is 0 Å². The first-order valence-corrected chi connectivity index (χ1v) is 10.2. The summed E-state index contributed by atoms with van der Waals surface area (Å²) in [6.07, 6.45) is 7.20. The number of benzene rings is 1. The third kappa shape index (κ3) is 3.98. The molecule has 0 aliphatic carbocycles. The van der Waals surface area contributed by atoms with E-state index in [1.54, 1.807) is 23.5 Å². The van der Waals surface area contributed by atoms with Gasteiger partial charge < -0.3 is 14.9 Å². The zero-order chi connectivity index (χ0) is 18.0. The van der Waals surface area contributed by atoms with Crippen LogP contribution in [0.3, 0.4) is 0 Å². The van der Waals surface area contributed by atoms with E-state index in [4.69, 9.17) is 0 Å². The molecule has 1 amide bonds. The van der Waals surface area contributed by atoms with Crippen LogP contribution < -0.4 is 0 Å². The summed E-state index contributed by atoms with van der Waals surface area (Å²) >= 11 is 1.59. The molecule has 5 nitrogen and oxygen atoms in total. The number of likely N-dealkylation sites (tertiary alicyclic amines) is 2. The van der Waals surface area contributed by atoms with Crippen LogP contribution in [0.15, 0.2) is 30.3 Å². The highest BCUT2D eigenvalue weighted by Crippen LogP contribution is 2.26. The van der Waals surface area contributed by atoms with Gasteiger partial charge in [0.25, 0.3) is 0 Å². The van der Waals surface area contributed by atoms with Gasteiger partial charge in [-0.1, -0.05) is 12.1 Å². The molecule has 1 N–H and O–H groups in total. The number of rotatable bonds is 4. The number of para-hydroxylation sites is 1. The van der Waals surface area contributed by atoms with E-state index in [1.165, 1.54) is 12.8 Å². The van der Waals surface area contributed by atoms with Crippen molar-refractivity contribution in [3.05, 3.63) is 35.3 Å². The van der Waals surface area contributed by atoms with Crippen LogP contribution in [0.2, 0.25) is 0 Å². The summed E-state index contributed by atoms with van der Waals surface area (Å²) in [4.78, 5) is 21.2. The average Bonchev–Trinajstić information content (AvgIpc) is 3.29. The predicted molar refractivity (Wildman–Crippen MR) is 105 cm³/mol. The molecular formula is C20H25N3O2S. The fraction of sp³-hybridized carbons (Fsp3) is 0.500. The van der Waals surface area contributed by atoms with E-state index in [2.05, 4.69) is 9.88 Å². The number of aromatic nitrogens is 1. The lowest BCUT2D eigenvalue weighted by molar-refractivity contribution is -0.130. The molecule has 0 atom stereocenters. The molecule has 2 fully saturated rings. The number of carbonyl (C=O) groups is 1. The summed E-state index contributed by atoms with van der Waals surface area (Å²) in [5.41, 5.74) is 0.326. The molecule has 2 aromatic rings. The molecule has 6 heteroatoms. The van der Waals surface area contributed by atoms with Crippen LogP contribution in [0, 0.1) is 0 Å². The number of fused-ring (bicyclic) bond motifs is 1. The van der Waals surface area contributed by atoms with Crippen molar-refractivity contribution >= 4 is 33.5 Å². The zero-order valence-corrected chi connectivity index (χ0v) is 15.7. The number of aliphatic hydroxyl groups is 1. The summed E-state index contributed by atoms with van der Waals surface area (Å²) < 4.78 is 1.13. The van der Waals surface area contributed by atoms with Gasteiger partial charge in [0.1, 0.15) is 5.01 Å². The molecule has 0 unspecified atom stereocenters. The lowest BCUT2D eigenvalue weighted by Gasteiger charge is -2.39. The maximum atomic E-state index is 12.5. The molecule has 0 saturated carbocycles. The minimum Gasteiger partial charge on any atom is -0.388 e. The molecule has 3 heterocycles. The smallest absolute Gasteiger partial charge is 0.246 e. The minimum atomic E-state index is -0.641. The monoisotopic (exact) mass is 371 g/mol. The molecule has 2 aliphatic heterocycles. The Balaban J connectivity index is 1.32. The SMILES string of the molecule is O=C(C=Cc1nc2ccccc2s1)N1CCC(O)(CN2CCCC2)CC1. The van der Waals surface area contributed by atoms with Gasteiger partial charge in [0.2, 0.25) is 5.91 Å². The fourth-order valence-electron chi connectivity index (χ4n) is 3.87. The molecule has 1 aromatic heterocycles. The van der Waals surface area contributed by atoms with E-state index in [0.29, 0.717) is 25.9 Å². The quantitative estimate of drug-likeness (QED) is 0.840. The van der Waals surface area contributed by atoms with Crippen LogP contribution in [0.1, 0.15) is 30.7 Å². The van der Waals surface area contributed by atoms with Gasteiger partial charge in [-0.05, 0) is 57.0 Å². The number of carbonyl (C=O) groups excluding carboxylic acids is 1. The topological polar surface area (TPSA) is 56.7 Å². The molecular weight excluding hydrogens is 346 g/mol. The van der Waals surface area contributed by atoms with E-state index in [9.17, 15) is 9.90 Å². The average molecular weight is 372 g/mol. The fourth-order valence-corrected chi connectivity index (χ4v) is 4.74. The first-order chi connectivity index (χ1) is 12.6. The summed E-state index contributed by atoms with van der Waals surface area (Å²) in [6.45, 7) is 4.17. The molecule has 0 radical (unpaired) electrons. The number of piperidine rings is 1. The van der Waals surface area contributed by atoms with Crippen molar-refractivity contribution in [1.82, 2.24) is 14.8 Å².